The standard InChI is InChI=1S/C14H22N2O/c1-10(2)7-14(17)16-6-4-5-13-12(9-16)11(3)8-15-13/h8,10,15H,4-7,9H2,1-3H3. The second-order valence-corrected chi connectivity index (χ2v) is 5.45. The monoisotopic (exact) mass is 234 g/mol. The van der Waals surface area contributed by atoms with Gasteiger partial charge in [-0.25, -0.2) is 0 Å². The van der Waals surface area contributed by atoms with Crippen LogP contribution in [0.15, 0.2) is 6.20 Å². The average Bonchev–Trinajstić information content (AvgIpc) is 2.51. The minimum Gasteiger partial charge on any atom is -0.364 e. The van der Waals surface area contributed by atoms with Crippen LogP contribution in [0.3, 0.4) is 0 Å². The van der Waals surface area contributed by atoms with Crippen LogP contribution in [0.5, 0.6) is 0 Å². The van der Waals surface area contributed by atoms with E-state index in [9.17, 15) is 4.79 Å². The molecule has 1 aromatic rings. The minimum absolute atomic E-state index is 0.299. The van der Waals surface area contributed by atoms with E-state index in [1.165, 1.54) is 16.8 Å². The van der Waals surface area contributed by atoms with Crippen molar-refractivity contribution in [2.75, 3.05) is 6.54 Å². The van der Waals surface area contributed by atoms with E-state index in [-0.39, 0.29) is 0 Å². The number of carbonyl (C=O) groups excluding carboxylic acids is 1. The van der Waals surface area contributed by atoms with Crippen LogP contribution in [0.25, 0.3) is 0 Å². The summed E-state index contributed by atoms with van der Waals surface area (Å²) in [7, 11) is 0. The van der Waals surface area contributed by atoms with Gasteiger partial charge in [-0.1, -0.05) is 13.8 Å². The zero-order valence-corrected chi connectivity index (χ0v) is 11.0. The number of nitrogens with zero attached hydrogens (tertiary/aromatic N) is 1. The van der Waals surface area contributed by atoms with Crippen molar-refractivity contribution in [2.45, 2.75) is 46.6 Å². The molecule has 3 heteroatoms. The third-order valence-corrected chi connectivity index (χ3v) is 3.44. The maximum absolute atomic E-state index is 12.1. The predicted octanol–water partition coefficient (Wildman–Crippen LogP) is 2.64. The molecule has 0 saturated carbocycles. The summed E-state index contributed by atoms with van der Waals surface area (Å²) in [5.41, 5.74) is 3.94. The number of H-pyrrole nitrogens is 1. The van der Waals surface area contributed by atoms with Crippen LogP contribution in [0.2, 0.25) is 0 Å². The van der Waals surface area contributed by atoms with Crippen molar-refractivity contribution in [1.82, 2.24) is 9.88 Å². The maximum Gasteiger partial charge on any atom is 0.223 e. The molecule has 1 aliphatic heterocycles. The van der Waals surface area contributed by atoms with Crippen LogP contribution in [-0.4, -0.2) is 22.3 Å². The van der Waals surface area contributed by atoms with Crippen LogP contribution < -0.4 is 0 Å². The fourth-order valence-electron chi connectivity index (χ4n) is 2.46. The molecule has 0 spiro atoms. The molecule has 0 aromatic carbocycles. The molecule has 3 nitrogen and oxygen atoms in total. The predicted molar refractivity (Wildman–Crippen MR) is 68.7 cm³/mol. The molecule has 0 aliphatic carbocycles. The van der Waals surface area contributed by atoms with Gasteiger partial charge in [-0.15, -0.1) is 0 Å². The van der Waals surface area contributed by atoms with Gasteiger partial charge in [0.15, 0.2) is 0 Å². The van der Waals surface area contributed by atoms with E-state index >= 15 is 0 Å². The molecule has 1 aliphatic rings. The summed E-state index contributed by atoms with van der Waals surface area (Å²) < 4.78 is 0. The largest absolute Gasteiger partial charge is 0.364 e. The summed E-state index contributed by atoms with van der Waals surface area (Å²) >= 11 is 0. The van der Waals surface area contributed by atoms with E-state index in [1.807, 2.05) is 4.90 Å². The molecule has 0 radical (unpaired) electrons. The highest BCUT2D eigenvalue weighted by Crippen LogP contribution is 2.22. The lowest BCUT2D eigenvalue weighted by atomic mass is 10.1. The summed E-state index contributed by atoms with van der Waals surface area (Å²) in [6.45, 7) is 8.00. The normalized spacial score (nSPS) is 15.9. The first-order valence-electron chi connectivity index (χ1n) is 6.51. The molecule has 94 valence electrons. The number of hydrogen-bond acceptors (Lipinski definition) is 1. The number of nitrogens with one attached hydrogen (secondary N) is 1. The fourth-order valence-corrected chi connectivity index (χ4v) is 2.46. The lowest BCUT2D eigenvalue weighted by molar-refractivity contribution is -0.132. The van der Waals surface area contributed by atoms with Crippen molar-refractivity contribution in [3.05, 3.63) is 23.0 Å². The van der Waals surface area contributed by atoms with Crippen LogP contribution in [0.1, 0.15) is 43.5 Å². The van der Waals surface area contributed by atoms with Crippen molar-refractivity contribution in [1.29, 1.82) is 0 Å². The van der Waals surface area contributed by atoms with Crippen molar-refractivity contribution in [3.63, 3.8) is 0 Å². The van der Waals surface area contributed by atoms with Gasteiger partial charge in [-0.05, 0) is 36.8 Å². The van der Waals surface area contributed by atoms with Crippen LogP contribution in [-0.2, 0) is 17.8 Å². The topological polar surface area (TPSA) is 36.1 Å². The number of rotatable bonds is 2. The van der Waals surface area contributed by atoms with Gasteiger partial charge >= 0.3 is 0 Å². The van der Waals surface area contributed by atoms with Gasteiger partial charge in [0, 0.05) is 31.4 Å². The highest BCUT2D eigenvalue weighted by molar-refractivity contribution is 5.76. The summed E-state index contributed by atoms with van der Waals surface area (Å²) in [5.74, 6) is 0.742. The first-order chi connectivity index (χ1) is 8.08. The number of carbonyl (C=O) groups is 1. The molecule has 0 fully saturated rings. The van der Waals surface area contributed by atoms with Gasteiger partial charge in [0.25, 0.3) is 0 Å². The van der Waals surface area contributed by atoms with Gasteiger partial charge in [0.2, 0.25) is 5.91 Å². The first kappa shape index (κ1) is 12.2. The molecule has 1 aromatic heterocycles. The number of aromatic nitrogens is 1. The van der Waals surface area contributed by atoms with Crippen LogP contribution >= 0.6 is 0 Å². The average molecular weight is 234 g/mol. The molecule has 2 heterocycles. The number of amides is 1. The third-order valence-electron chi connectivity index (χ3n) is 3.44. The Kier molecular flexibility index (Phi) is 3.55. The highest BCUT2D eigenvalue weighted by Gasteiger charge is 2.21. The first-order valence-corrected chi connectivity index (χ1v) is 6.51. The molecular weight excluding hydrogens is 212 g/mol. The number of fused-ring (bicyclic) bond motifs is 1. The Hall–Kier alpha value is -1.25. The Morgan fingerprint density at radius 3 is 3.00 bits per heavy atom. The van der Waals surface area contributed by atoms with E-state index < -0.39 is 0 Å². The molecule has 17 heavy (non-hydrogen) atoms. The quantitative estimate of drug-likeness (QED) is 0.839. The minimum atomic E-state index is 0.299. The lowest BCUT2D eigenvalue weighted by Crippen LogP contribution is -2.31. The van der Waals surface area contributed by atoms with Crippen LogP contribution in [0.4, 0.5) is 0 Å². The molecule has 2 rings (SSSR count). The Balaban J connectivity index is 2.12. The van der Waals surface area contributed by atoms with Gasteiger partial charge < -0.3 is 9.88 Å². The zero-order chi connectivity index (χ0) is 12.4. The number of aromatic amines is 1. The van der Waals surface area contributed by atoms with E-state index in [4.69, 9.17) is 0 Å². The molecule has 0 bridgehead atoms. The summed E-state index contributed by atoms with van der Waals surface area (Å²) in [5, 5.41) is 0. The fraction of sp³-hybridized carbons (Fsp3) is 0.643. The van der Waals surface area contributed by atoms with E-state index in [1.54, 1.807) is 0 Å². The van der Waals surface area contributed by atoms with Crippen LogP contribution in [0, 0.1) is 12.8 Å². The summed E-state index contributed by atoms with van der Waals surface area (Å²) in [6.07, 6.45) is 4.85. The molecule has 1 amide bonds. The number of aryl methyl sites for hydroxylation is 2. The third kappa shape index (κ3) is 2.71. The van der Waals surface area contributed by atoms with Gasteiger partial charge in [-0.2, -0.15) is 0 Å². The lowest BCUT2D eigenvalue weighted by Gasteiger charge is -2.22. The van der Waals surface area contributed by atoms with Crippen molar-refractivity contribution in [2.24, 2.45) is 5.92 Å². The van der Waals surface area contributed by atoms with Crippen molar-refractivity contribution in [3.8, 4) is 0 Å². The summed E-state index contributed by atoms with van der Waals surface area (Å²) in [6, 6.07) is 0. The Morgan fingerprint density at radius 1 is 1.53 bits per heavy atom. The number of hydrogen-bond donors (Lipinski definition) is 1. The van der Waals surface area contributed by atoms with E-state index in [0.29, 0.717) is 18.2 Å². The summed E-state index contributed by atoms with van der Waals surface area (Å²) in [4.78, 5) is 17.5. The molecule has 0 atom stereocenters. The van der Waals surface area contributed by atoms with E-state index in [0.717, 1.165) is 25.9 Å². The molecule has 0 saturated heterocycles. The molecular formula is C14H22N2O. The SMILES string of the molecule is Cc1c[nH]c2c1CN(C(=O)CC(C)C)CCC2. The van der Waals surface area contributed by atoms with Crippen molar-refractivity contribution < 1.29 is 4.79 Å². The van der Waals surface area contributed by atoms with Gasteiger partial charge in [0.05, 0.1) is 0 Å². The molecule has 1 N–H and O–H groups in total. The second kappa shape index (κ2) is 4.94. The van der Waals surface area contributed by atoms with Crippen molar-refractivity contribution >= 4 is 5.91 Å². The molecule has 0 unspecified atom stereocenters. The van der Waals surface area contributed by atoms with Gasteiger partial charge in [-0.3, -0.25) is 4.79 Å². The Morgan fingerprint density at radius 2 is 2.29 bits per heavy atom. The maximum atomic E-state index is 12.1. The van der Waals surface area contributed by atoms with Gasteiger partial charge in [0.1, 0.15) is 0 Å². The second-order valence-electron chi connectivity index (χ2n) is 5.45. The Bertz CT molecular complexity index is 406. The zero-order valence-electron chi connectivity index (χ0n) is 11.0. The smallest absolute Gasteiger partial charge is 0.223 e. The Labute approximate surface area is 103 Å². The van der Waals surface area contributed by atoms with E-state index in [2.05, 4.69) is 32.0 Å². The highest BCUT2D eigenvalue weighted by atomic mass is 16.2.